The highest BCUT2D eigenvalue weighted by Gasteiger charge is 2.14. The van der Waals surface area contributed by atoms with Crippen LogP contribution in [0.25, 0.3) is 16.9 Å². The van der Waals surface area contributed by atoms with Crippen LogP contribution in [0, 0.1) is 11.3 Å². The first-order valence-electron chi connectivity index (χ1n) is 6.81. The van der Waals surface area contributed by atoms with Gasteiger partial charge in [0.15, 0.2) is 0 Å². The van der Waals surface area contributed by atoms with Gasteiger partial charge in [0.2, 0.25) is 0 Å². The van der Waals surface area contributed by atoms with Crippen molar-refractivity contribution in [3.63, 3.8) is 0 Å². The van der Waals surface area contributed by atoms with Crippen molar-refractivity contribution in [2.45, 2.75) is 0 Å². The second-order valence-corrected chi connectivity index (χ2v) is 5.12. The van der Waals surface area contributed by atoms with Crippen molar-refractivity contribution in [1.29, 1.82) is 5.26 Å². The molecule has 0 atom stereocenters. The maximum absolute atomic E-state index is 12.4. The molecule has 2 heterocycles. The Balaban J connectivity index is 2.26. The Morgan fingerprint density at radius 3 is 2.50 bits per heavy atom. The highest BCUT2D eigenvalue weighted by molar-refractivity contribution is 5.70. The number of pyridine rings is 1. The minimum Gasteiger partial charge on any atom is -0.378 e. The summed E-state index contributed by atoms with van der Waals surface area (Å²) in [6, 6.07) is 14.9. The third-order valence-electron chi connectivity index (χ3n) is 3.50. The quantitative estimate of drug-likeness (QED) is 0.726. The van der Waals surface area contributed by atoms with E-state index in [0.29, 0.717) is 11.3 Å². The highest BCUT2D eigenvalue weighted by Crippen LogP contribution is 2.22. The molecule has 5 heteroatoms. The zero-order chi connectivity index (χ0) is 15.7. The van der Waals surface area contributed by atoms with Gasteiger partial charge in [-0.15, -0.1) is 0 Å². The first kappa shape index (κ1) is 13.8. The Kier molecular flexibility index (Phi) is 3.36. The van der Waals surface area contributed by atoms with Crippen molar-refractivity contribution >= 4 is 11.3 Å². The van der Waals surface area contributed by atoms with Crippen molar-refractivity contribution < 1.29 is 0 Å². The zero-order valence-electron chi connectivity index (χ0n) is 12.3. The number of anilines is 1. The van der Waals surface area contributed by atoms with Gasteiger partial charge in [0.25, 0.3) is 5.56 Å². The van der Waals surface area contributed by atoms with E-state index < -0.39 is 0 Å². The number of hydrogen-bond donors (Lipinski definition) is 0. The average molecular weight is 290 g/mol. The first-order valence-corrected chi connectivity index (χ1v) is 6.81. The fourth-order valence-electron chi connectivity index (χ4n) is 2.32. The second kappa shape index (κ2) is 5.34. The van der Waals surface area contributed by atoms with Crippen LogP contribution in [0.2, 0.25) is 0 Å². The number of rotatable bonds is 2. The Labute approximate surface area is 127 Å². The van der Waals surface area contributed by atoms with Crippen LogP contribution in [0.15, 0.2) is 53.5 Å². The zero-order valence-corrected chi connectivity index (χ0v) is 12.3. The Morgan fingerprint density at radius 1 is 1.14 bits per heavy atom. The molecule has 1 aromatic carbocycles. The lowest BCUT2D eigenvalue weighted by atomic mass is 10.1. The highest BCUT2D eigenvalue weighted by atomic mass is 16.1. The minimum atomic E-state index is -0.347. The molecule has 0 N–H and O–H groups in total. The Hall–Kier alpha value is -3.13. The van der Waals surface area contributed by atoms with Gasteiger partial charge in [-0.25, -0.2) is 4.98 Å². The van der Waals surface area contributed by atoms with E-state index in [-0.39, 0.29) is 11.1 Å². The topological polar surface area (TPSA) is 61.4 Å². The number of hydrogen-bond acceptors (Lipinski definition) is 4. The van der Waals surface area contributed by atoms with Gasteiger partial charge in [-0.05, 0) is 24.3 Å². The molecule has 0 radical (unpaired) electrons. The molecule has 0 saturated heterocycles. The van der Waals surface area contributed by atoms with Gasteiger partial charge in [-0.2, -0.15) is 5.26 Å². The standard InChI is InChI=1S/C17H14N4O/c1-20(2)13-8-6-12(7-9-13)16-14(11-18)17(22)21-10-4-3-5-15(21)19-16/h3-10H,1-2H3. The summed E-state index contributed by atoms with van der Waals surface area (Å²) in [5.41, 5.74) is 2.45. The molecule has 0 aliphatic carbocycles. The van der Waals surface area contributed by atoms with Gasteiger partial charge >= 0.3 is 0 Å². The van der Waals surface area contributed by atoms with Crippen LogP contribution in [0.3, 0.4) is 0 Å². The van der Waals surface area contributed by atoms with Gasteiger partial charge in [0.05, 0.1) is 5.69 Å². The van der Waals surface area contributed by atoms with E-state index >= 15 is 0 Å². The fraction of sp³-hybridized carbons (Fsp3) is 0.118. The van der Waals surface area contributed by atoms with Gasteiger partial charge in [-0.3, -0.25) is 9.20 Å². The molecule has 0 spiro atoms. The van der Waals surface area contributed by atoms with Crippen molar-refractivity contribution in [2.24, 2.45) is 0 Å². The molecule has 0 fully saturated rings. The number of nitriles is 1. The van der Waals surface area contributed by atoms with Crippen molar-refractivity contribution in [2.75, 3.05) is 19.0 Å². The van der Waals surface area contributed by atoms with E-state index in [4.69, 9.17) is 0 Å². The summed E-state index contributed by atoms with van der Waals surface area (Å²) in [5.74, 6) is 0. The van der Waals surface area contributed by atoms with E-state index in [9.17, 15) is 10.1 Å². The molecule has 3 rings (SSSR count). The molecule has 22 heavy (non-hydrogen) atoms. The lowest BCUT2D eigenvalue weighted by Gasteiger charge is -2.13. The van der Waals surface area contributed by atoms with E-state index in [0.717, 1.165) is 11.3 Å². The molecular formula is C17H14N4O. The molecule has 108 valence electrons. The van der Waals surface area contributed by atoms with Crippen LogP contribution in [0.5, 0.6) is 0 Å². The van der Waals surface area contributed by atoms with Crippen LogP contribution in [-0.2, 0) is 0 Å². The summed E-state index contributed by atoms with van der Waals surface area (Å²) in [5, 5.41) is 9.35. The third kappa shape index (κ3) is 2.21. The predicted octanol–water partition coefficient (Wildman–Crippen LogP) is 2.30. The van der Waals surface area contributed by atoms with Crippen molar-refractivity contribution in [3.8, 4) is 17.3 Å². The summed E-state index contributed by atoms with van der Waals surface area (Å²) >= 11 is 0. The van der Waals surface area contributed by atoms with Gasteiger partial charge in [0.1, 0.15) is 17.3 Å². The van der Waals surface area contributed by atoms with E-state index in [1.807, 2.05) is 55.4 Å². The average Bonchev–Trinajstić information content (AvgIpc) is 2.55. The molecule has 0 unspecified atom stereocenters. The Bertz CT molecular complexity index is 934. The first-order chi connectivity index (χ1) is 10.6. The SMILES string of the molecule is CN(C)c1ccc(-c2nc3ccccn3c(=O)c2C#N)cc1. The Morgan fingerprint density at radius 2 is 1.86 bits per heavy atom. The molecule has 0 aliphatic rings. The molecule has 0 aliphatic heterocycles. The summed E-state index contributed by atoms with van der Waals surface area (Å²) in [6.45, 7) is 0. The minimum absolute atomic E-state index is 0.0568. The summed E-state index contributed by atoms with van der Waals surface area (Å²) in [7, 11) is 3.91. The second-order valence-electron chi connectivity index (χ2n) is 5.12. The van der Waals surface area contributed by atoms with E-state index in [1.165, 1.54) is 4.40 Å². The lowest BCUT2D eigenvalue weighted by Crippen LogP contribution is -2.19. The van der Waals surface area contributed by atoms with Crippen LogP contribution in [0.4, 0.5) is 5.69 Å². The summed E-state index contributed by atoms with van der Waals surface area (Å²) < 4.78 is 1.39. The normalized spacial score (nSPS) is 10.4. The molecule has 0 bridgehead atoms. The van der Waals surface area contributed by atoms with Gasteiger partial charge < -0.3 is 4.90 Å². The van der Waals surface area contributed by atoms with Gasteiger partial charge in [-0.1, -0.05) is 18.2 Å². The summed E-state index contributed by atoms with van der Waals surface area (Å²) in [4.78, 5) is 18.9. The summed E-state index contributed by atoms with van der Waals surface area (Å²) in [6.07, 6.45) is 1.62. The number of fused-ring (bicyclic) bond motifs is 1. The van der Waals surface area contributed by atoms with E-state index in [2.05, 4.69) is 4.98 Å². The fourth-order valence-corrected chi connectivity index (χ4v) is 2.32. The molecular weight excluding hydrogens is 276 g/mol. The number of aromatic nitrogens is 2. The van der Waals surface area contributed by atoms with Crippen LogP contribution < -0.4 is 10.5 Å². The largest absolute Gasteiger partial charge is 0.378 e. The molecule has 5 nitrogen and oxygen atoms in total. The maximum atomic E-state index is 12.4. The van der Waals surface area contributed by atoms with Crippen LogP contribution in [-0.4, -0.2) is 23.5 Å². The lowest BCUT2D eigenvalue weighted by molar-refractivity contribution is 1.04. The van der Waals surface area contributed by atoms with Gasteiger partial charge in [0, 0.05) is 31.5 Å². The number of nitrogens with zero attached hydrogens (tertiary/aromatic N) is 4. The molecule has 2 aromatic heterocycles. The smallest absolute Gasteiger partial charge is 0.276 e. The monoisotopic (exact) mass is 290 g/mol. The molecule has 3 aromatic rings. The van der Waals surface area contributed by atoms with Crippen LogP contribution >= 0.6 is 0 Å². The third-order valence-corrected chi connectivity index (χ3v) is 3.50. The van der Waals surface area contributed by atoms with Crippen molar-refractivity contribution in [3.05, 3.63) is 64.6 Å². The predicted molar refractivity (Wildman–Crippen MR) is 85.9 cm³/mol. The number of benzene rings is 1. The molecule has 0 amide bonds. The van der Waals surface area contributed by atoms with Crippen LogP contribution in [0.1, 0.15) is 5.56 Å². The maximum Gasteiger partial charge on any atom is 0.276 e. The van der Waals surface area contributed by atoms with E-state index in [1.54, 1.807) is 18.3 Å². The molecule has 0 saturated carbocycles. The van der Waals surface area contributed by atoms with Crippen molar-refractivity contribution in [1.82, 2.24) is 9.38 Å².